The summed E-state index contributed by atoms with van der Waals surface area (Å²) < 4.78 is 0. The zero-order chi connectivity index (χ0) is 17.8. The van der Waals surface area contributed by atoms with Crippen LogP contribution in [0.3, 0.4) is 0 Å². The van der Waals surface area contributed by atoms with Gasteiger partial charge in [0.25, 0.3) is 0 Å². The summed E-state index contributed by atoms with van der Waals surface area (Å²) in [5.41, 5.74) is 3.40. The van der Waals surface area contributed by atoms with Gasteiger partial charge in [0.15, 0.2) is 0 Å². The average molecular weight is 341 g/mol. The van der Waals surface area contributed by atoms with E-state index in [-0.39, 0.29) is 0 Å². The first kappa shape index (κ1) is 18.1. The second-order valence-corrected chi connectivity index (χ2v) is 7.67. The Kier molecular flexibility index (Phi) is 5.89. The summed E-state index contributed by atoms with van der Waals surface area (Å²) >= 11 is 0. The number of rotatable bonds is 5. The average Bonchev–Trinajstić information content (AvgIpc) is 2.84. The van der Waals surface area contributed by atoms with E-state index in [0.717, 1.165) is 48.1 Å². The fraction of sp³-hybridized carbons (Fsp3) is 0.619. The lowest BCUT2D eigenvalue weighted by Gasteiger charge is -2.22. The van der Waals surface area contributed by atoms with E-state index in [1.807, 2.05) is 0 Å². The Hall–Kier alpha value is -1.68. The van der Waals surface area contributed by atoms with Crippen LogP contribution in [0.4, 0.5) is 5.95 Å². The number of fused-ring (bicyclic) bond motifs is 1. The number of hydrogen-bond donors (Lipinski definition) is 1. The number of hydrogen-bond acceptors (Lipinski definition) is 4. The van der Waals surface area contributed by atoms with Crippen molar-refractivity contribution in [3.05, 3.63) is 29.5 Å². The van der Waals surface area contributed by atoms with E-state index < -0.39 is 0 Å². The smallest absolute Gasteiger partial charge is 0.226 e. The molecular weight excluding hydrogens is 308 g/mol. The van der Waals surface area contributed by atoms with Gasteiger partial charge in [-0.3, -0.25) is 0 Å². The van der Waals surface area contributed by atoms with Crippen molar-refractivity contribution in [3.8, 4) is 0 Å². The number of nitrogens with one attached hydrogen (secondary N) is 1. The molecule has 2 aromatic rings. The number of aromatic nitrogens is 2. The Morgan fingerprint density at radius 3 is 2.84 bits per heavy atom. The van der Waals surface area contributed by atoms with Crippen LogP contribution in [0, 0.1) is 19.8 Å². The SMILES string of the molecule is CC[C@H](C)CN[C@H]1CCCN(c2nc(C)c3ccc(C)cc3n2)CC1. The molecule has 1 aliphatic heterocycles. The fourth-order valence-electron chi connectivity index (χ4n) is 3.54. The van der Waals surface area contributed by atoms with Gasteiger partial charge in [-0.2, -0.15) is 0 Å². The Balaban J connectivity index is 1.71. The predicted molar refractivity (Wildman–Crippen MR) is 106 cm³/mol. The summed E-state index contributed by atoms with van der Waals surface area (Å²) in [6.07, 6.45) is 4.87. The number of anilines is 1. The molecule has 2 heterocycles. The summed E-state index contributed by atoms with van der Waals surface area (Å²) in [4.78, 5) is 12.0. The van der Waals surface area contributed by atoms with Crippen LogP contribution >= 0.6 is 0 Å². The van der Waals surface area contributed by atoms with Crippen molar-refractivity contribution in [2.24, 2.45) is 5.92 Å². The highest BCUT2D eigenvalue weighted by Gasteiger charge is 2.19. The molecule has 0 saturated carbocycles. The second kappa shape index (κ2) is 8.13. The highest BCUT2D eigenvalue weighted by Crippen LogP contribution is 2.22. The van der Waals surface area contributed by atoms with Crippen molar-refractivity contribution in [1.29, 1.82) is 0 Å². The van der Waals surface area contributed by atoms with Gasteiger partial charge in [0, 0.05) is 24.5 Å². The number of benzene rings is 1. The molecule has 1 aromatic carbocycles. The van der Waals surface area contributed by atoms with Gasteiger partial charge >= 0.3 is 0 Å². The first-order valence-electron chi connectivity index (χ1n) is 9.80. The molecule has 0 unspecified atom stereocenters. The minimum atomic E-state index is 0.628. The summed E-state index contributed by atoms with van der Waals surface area (Å²) in [6, 6.07) is 7.07. The van der Waals surface area contributed by atoms with Gasteiger partial charge in [-0.15, -0.1) is 0 Å². The molecule has 0 amide bonds. The molecule has 1 N–H and O–H groups in total. The van der Waals surface area contributed by atoms with Crippen LogP contribution in [0.2, 0.25) is 0 Å². The van der Waals surface area contributed by atoms with Crippen molar-refractivity contribution >= 4 is 16.9 Å². The van der Waals surface area contributed by atoms with Gasteiger partial charge in [-0.1, -0.05) is 32.4 Å². The molecule has 0 aliphatic carbocycles. The zero-order valence-corrected chi connectivity index (χ0v) is 16.2. The molecule has 1 aromatic heterocycles. The van der Waals surface area contributed by atoms with E-state index in [1.165, 1.54) is 31.2 Å². The summed E-state index contributed by atoms with van der Waals surface area (Å²) in [6.45, 7) is 12.0. The lowest BCUT2D eigenvalue weighted by molar-refractivity contribution is 0.414. The van der Waals surface area contributed by atoms with E-state index in [9.17, 15) is 0 Å². The molecule has 0 bridgehead atoms. The van der Waals surface area contributed by atoms with Gasteiger partial charge in [0.05, 0.1) is 11.2 Å². The Morgan fingerprint density at radius 1 is 1.20 bits per heavy atom. The normalized spacial score (nSPS) is 19.8. The molecule has 25 heavy (non-hydrogen) atoms. The summed E-state index contributed by atoms with van der Waals surface area (Å²) in [7, 11) is 0. The van der Waals surface area contributed by atoms with Gasteiger partial charge in [-0.25, -0.2) is 9.97 Å². The Labute approximate surface area is 152 Å². The van der Waals surface area contributed by atoms with E-state index in [2.05, 4.69) is 56.1 Å². The Morgan fingerprint density at radius 2 is 2.04 bits per heavy atom. The van der Waals surface area contributed by atoms with Crippen LogP contribution in [0.5, 0.6) is 0 Å². The minimum Gasteiger partial charge on any atom is -0.341 e. The molecule has 4 heteroatoms. The number of nitrogens with zero attached hydrogens (tertiary/aromatic N) is 3. The lowest BCUT2D eigenvalue weighted by atomic mass is 10.1. The third kappa shape index (κ3) is 4.49. The van der Waals surface area contributed by atoms with Crippen molar-refractivity contribution in [2.45, 2.75) is 59.4 Å². The van der Waals surface area contributed by atoms with Gasteiger partial charge < -0.3 is 10.2 Å². The van der Waals surface area contributed by atoms with Gasteiger partial charge in [-0.05, 0) is 57.2 Å². The van der Waals surface area contributed by atoms with Crippen molar-refractivity contribution < 1.29 is 0 Å². The maximum absolute atomic E-state index is 4.87. The highest BCUT2D eigenvalue weighted by atomic mass is 15.3. The standard InChI is InChI=1S/C21H32N4/c1-5-15(2)14-22-18-7-6-11-25(12-10-18)21-23-17(4)19-9-8-16(3)13-20(19)24-21/h8-9,13,15,18,22H,5-7,10-12,14H2,1-4H3/t15-,18-/m0/s1. The molecule has 136 valence electrons. The van der Waals surface area contributed by atoms with Gasteiger partial charge in [0.2, 0.25) is 5.95 Å². The molecule has 0 radical (unpaired) electrons. The predicted octanol–water partition coefficient (Wildman–Crippen LogP) is 4.24. The molecular formula is C21H32N4. The fourth-order valence-corrected chi connectivity index (χ4v) is 3.54. The molecule has 1 saturated heterocycles. The van der Waals surface area contributed by atoms with Crippen LogP contribution in [-0.4, -0.2) is 35.6 Å². The molecule has 1 aliphatic rings. The minimum absolute atomic E-state index is 0.628. The van der Waals surface area contributed by atoms with Crippen LogP contribution in [0.1, 0.15) is 50.8 Å². The molecule has 4 nitrogen and oxygen atoms in total. The maximum Gasteiger partial charge on any atom is 0.226 e. The third-order valence-corrected chi connectivity index (χ3v) is 5.49. The zero-order valence-electron chi connectivity index (χ0n) is 16.2. The Bertz CT molecular complexity index is 712. The van der Waals surface area contributed by atoms with E-state index in [4.69, 9.17) is 9.97 Å². The molecule has 0 spiro atoms. The molecule has 1 fully saturated rings. The van der Waals surface area contributed by atoms with E-state index in [0.29, 0.717) is 6.04 Å². The van der Waals surface area contributed by atoms with Crippen LogP contribution in [0.25, 0.3) is 10.9 Å². The number of aryl methyl sites for hydroxylation is 2. The topological polar surface area (TPSA) is 41.0 Å². The third-order valence-electron chi connectivity index (χ3n) is 5.49. The van der Waals surface area contributed by atoms with Crippen molar-refractivity contribution in [1.82, 2.24) is 15.3 Å². The monoisotopic (exact) mass is 340 g/mol. The van der Waals surface area contributed by atoms with Crippen LogP contribution < -0.4 is 10.2 Å². The van der Waals surface area contributed by atoms with Crippen molar-refractivity contribution in [3.63, 3.8) is 0 Å². The van der Waals surface area contributed by atoms with Crippen molar-refractivity contribution in [2.75, 3.05) is 24.5 Å². The quantitative estimate of drug-likeness (QED) is 0.884. The first-order chi connectivity index (χ1) is 12.1. The van der Waals surface area contributed by atoms with Crippen LogP contribution in [0.15, 0.2) is 18.2 Å². The highest BCUT2D eigenvalue weighted by molar-refractivity contribution is 5.82. The van der Waals surface area contributed by atoms with E-state index >= 15 is 0 Å². The largest absolute Gasteiger partial charge is 0.341 e. The summed E-state index contributed by atoms with van der Waals surface area (Å²) in [5.74, 6) is 1.66. The van der Waals surface area contributed by atoms with Gasteiger partial charge in [0.1, 0.15) is 0 Å². The first-order valence-corrected chi connectivity index (χ1v) is 9.80. The second-order valence-electron chi connectivity index (χ2n) is 7.67. The summed E-state index contributed by atoms with van der Waals surface area (Å²) in [5, 5.41) is 4.93. The lowest BCUT2D eigenvalue weighted by Crippen LogP contribution is -2.34. The molecule has 3 rings (SSSR count). The van der Waals surface area contributed by atoms with E-state index in [1.54, 1.807) is 0 Å². The maximum atomic E-state index is 4.87. The molecule has 2 atom stereocenters. The van der Waals surface area contributed by atoms with Crippen LogP contribution in [-0.2, 0) is 0 Å².